The Labute approximate surface area is 175 Å². The van der Waals surface area contributed by atoms with Crippen molar-refractivity contribution in [3.05, 3.63) is 59.2 Å². The molecule has 7 heteroatoms. The number of hydroxylamine groups is 1. The van der Waals surface area contributed by atoms with Crippen molar-refractivity contribution >= 4 is 23.5 Å². The Hall–Kier alpha value is -3.32. The predicted octanol–water partition coefficient (Wildman–Crippen LogP) is 3.24. The molecule has 156 valence electrons. The third-order valence-electron chi connectivity index (χ3n) is 4.95. The van der Waals surface area contributed by atoms with Gasteiger partial charge in [0.15, 0.2) is 11.5 Å². The predicted molar refractivity (Wildman–Crippen MR) is 112 cm³/mol. The first-order valence-electron chi connectivity index (χ1n) is 9.96. The highest BCUT2D eigenvalue weighted by atomic mass is 16.7. The van der Waals surface area contributed by atoms with Crippen molar-refractivity contribution < 1.29 is 23.9 Å². The Morgan fingerprint density at radius 3 is 2.83 bits per heavy atom. The highest BCUT2D eigenvalue weighted by molar-refractivity contribution is 6.00. The van der Waals surface area contributed by atoms with E-state index in [9.17, 15) is 9.59 Å². The molecule has 2 aromatic rings. The van der Waals surface area contributed by atoms with Gasteiger partial charge in [-0.1, -0.05) is 24.3 Å². The Kier molecular flexibility index (Phi) is 5.99. The van der Waals surface area contributed by atoms with E-state index in [2.05, 4.69) is 5.32 Å². The number of ketones is 1. The second-order valence-electron chi connectivity index (χ2n) is 7.27. The van der Waals surface area contributed by atoms with Crippen LogP contribution in [0.5, 0.6) is 11.5 Å². The monoisotopic (exact) mass is 408 g/mol. The number of hydrogen-bond acceptors (Lipinski definition) is 6. The van der Waals surface area contributed by atoms with Crippen LogP contribution in [0.25, 0.3) is 6.08 Å². The second kappa shape index (κ2) is 9.00. The van der Waals surface area contributed by atoms with Gasteiger partial charge >= 0.3 is 0 Å². The summed E-state index contributed by atoms with van der Waals surface area (Å²) in [6.45, 7) is 2.93. The van der Waals surface area contributed by atoms with Crippen molar-refractivity contribution in [3.63, 3.8) is 0 Å². The molecule has 0 unspecified atom stereocenters. The Balaban J connectivity index is 1.40. The lowest BCUT2D eigenvalue weighted by Gasteiger charge is -2.29. The number of carbonyl (C=O) groups is 2. The van der Waals surface area contributed by atoms with E-state index < -0.39 is 0 Å². The first-order chi connectivity index (χ1) is 14.6. The van der Waals surface area contributed by atoms with Crippen molar-refractivity contribution in [2.75, 3.05) is 25.0 Å². The number of benzene rings is 2. The minimum absolute atomic E-state index is 0.140. The summed E-state index contributed by atoms with van der Waals surface area (Å²) in [5.41, 5.74) is 3.37. The number of para-hydroxylation sites is 1. The van der Waals surface area contributed by atoms with Gasteiger partial charge in [-0.25, -0.2) is 5.06 Å². The van der Waals surface area contributed by atoms with E-state index in [1.54, 1.807) is 12.0 Å². The molecule has 0 aromatic heterocycles. The molecule has 1 amide bonds. The van der Waals surface area contributed by atoms with Crippen molar-refractivity contribution in [2.24, 2.45) is 0 Å². The van der Waals surface area contributed by atoms with Crippen molar-refractivity contribution in [1.82, 2.24) is 5.32 Å². The number of rotatable bonds is 8. The zero-order valence-corrected chi connectivity index (χ0v) is 16.8. The van der Waals surface area contributed by atoms with Gasteiger partial charge in [0, 0.05) is 24.1 Å². The SMILES string of the molecule is CC(=O)CCCON1CC(C(=O)NCc2ccc3c(c2)OCO3)=Cc2ccccc21. The number of fused-ring (bicyclic) bond motifs is 2. The third kappa shape index (κ3) is 4.63. The molecule has 4 rings (SSSR count). The molecule has 30 heavy (non-hydrogen) atoms. The van der Waals surface area contributed by atoms with Gasteiger partial charge in [0.05, 0.1) is 18.8 Å². The van der Waals surface area contributed by atoms with Gasteiger partial charge in [-0.3, -0.25) is 9.63 Å². The molecule has 7 nitrogen and oxygen atoms in total. The normalized spacial score (nSPS) is 14.2. The number of Topliss-reactive ketones (excluding diaryl/α,β-unsaturated/α-hetero) is 1. The molecular formula is C23H24N2O5. The van der Waals surface area contributed by atoms with Gasteiger partial charge in [0.25, 0.3) is 0 Å². The van der Waals surface area contributed by atoms with Crippen LogP contribution in [0.4, 0.5) is 5.69 Å². The fraction of sp³-hybridized carbons (Fsp3) is 0.304. The fourth-order valence-corrected chi connectivity index (χ4v) is 3.41. The molecule has 0 atom stereocenters. The molecular weight excluding hydrogens is 384 g/mol. The number of carbonyl (C=O) groups excluding carboxylic acids is 2. The van der Waals surface area contributed by atoms with Crippen LogP contribution in [0.3, 0.4) is 0 Å². The summed E-state index contributed by atoms with van der Waals surface area (Å²) in [7, 11) is 0. The summed E-state index contributed by atoms with van der Waals surface area (Å²) in [6, 6.07) is 13.4. The standard InChI is InChI=1S/C23H24N2O5/c1-16(26)5-4-10-30-25-14-19(12-18-6-2-3-7-20(18)25)23(27)24-13-17-8-9-21-22(11-17)29-15-28-21/h2-3,6-9,11-12H,4-5,10,13-15H2,1H3,(H,24,27). The van der Waals surface area contributed by atoms with E-state index in [1.807, 2.05) is 48.5 Å². The topological polar surface area (TPSA) is 77.1 Å². The van der Waals surface area contributed by atoms with Gasteiger partial charge in [-0.05, 0) is 43.2 Å². The Morgan fingerprint density at radius 1 is 1.13 bits per heavy atom. The van der Waals surface area contributed by atoms with Crippen LogP contribution < -0.4 is 19.9 Å². The van der Waals surface area contributed by atoms with Gasteiger partial charge in [0.2, 0.25) is 12.7 Å². The minimum atomic E-state index is -0.153. The lowest BCUT2D eigenvalue weighted by molar-refractivity contribution is -0.118. The zero-order chi connectivity index (χ0) is 20.9. The maximum atomic E-state index is 12.8. The van der Waals surface area contributed by atoms with Crippen molar-refractivity contribution in [3.8, 4) is 11.5 Å². The lowest BCUT2D eigenvalue weighted by atomic mass is 10.0. The molecule has 0 bridgehead atoms. The van der Waals surface area contributed by atoms with E-state index in [4.69, 9.17) is 14.3 Å². The third-order valence-corrected chi connectivity index (χ3v) is 4.95. The fourth-order valence-electron chi connectivity index (χ4n) is 3.41. The van der Waals surface area contributed by atoms with Crippen LogP contribution in [0.2, 0.25) is 0 Å². The first-order valence-corrected chi connectivity index (χ1v) is 9.96. The first kappa shape index (κ1) is 20.0. The molecule has 1 N–H and O–H groups in total. The van der Waals surface area contributed by atoms with Crippen LogP contribution in [0, 0.1) is 0 Å². The van der Waals surface area contributed by atoms with Crippen molar-refractivity contribution in [1.29, 1.82) is 0 Å². The smallest absolute Gasteiger partial charge is 0.249 e. The Bertz CT molecular complexity index is 985. The summed E-state index contributed by atoms with van der Waals surface area (Å²) in [4.78, 5) is 29.8. The zero-order valence-electron chi connectivity index (χ0n) is 16.8. The number of amides is 1. The maximum Gasteiger partial charge on any atom is 0.249 e. The number of nitrogens with one attached hydrogen (secondary N) is 1. The number of anilines is 1. The van der Waals surface area contributed by atoms with Gasteiger partial charge in [0.1, 0.15) is 5.78 Å². The van der Waals surface area contributed by atoms with Crippen LogP contribution in [0.1, 0.15) is 30.9 Å². The summed E-state index contributed by atoms with van der Waals surface area (Å²) in [5.74, 6) is 1.40. The van der Waals surface area contributed by atoms with Crippen molar-refractivity contribution in [2.45, 2.75) is 26.3 Å². The number of nitrogens with zero attached hydrogens (tertiary/aromatic N) is 1. The number of hydrogen-bond donors (Lipinski definition) is 1. The minimum Gasteiger partial charge on any atom is -0.454 e. The van der Waals surface area contributed by atoms with E-state index in [0.29, 0.717) is 49.6 Å². The summed E-state index contributed by atoms with van der Waals surface area (Å²) < 4.78 is 10.7. The van der Waals surface area contributed by atoms with E-state index in [0.717, 1.165) is 16.8 Å². The summed E-state index contributed by atoms with van der Waals surface area (Å²) in [5, 5.41) is 4.69. The van der Waals surface area contributed by atoms with Crippen LogP contribution in [0.15, 0.2) is 48.0 Å². The van der Waals surface area contributed by atoms with E-state index in [1.165, 1.54) is 0 Å². The second-order valence-corrected chi connectivity index (χ2v) is 7.27. The molecule has 0 saturated heterocycles. The number of ether oxygens (including phenoxy) is 2. The Morgan fingerprint density at radius 2 is 1.97 bits per heavy atom. The van der Waals surface area contributed by atoms with Crippen LogP contribution >= 0.6 is 0 Å². The highest BCUT2D eigenvalue weighted by Gasteiger charge is 2.23. The summed E-state index contributed by atoms with van der Waals surface area (Å²) in [6.07, 6.45) is 3.01. The van der Waals surface area contributed by atoms with Gasteiger partial charge < -0.3 is 19.6 Å². The summed E-state index contributed by atoms with van der Waals surface area (Å²) >= 11 is 0. The molecule has 2 aliphatic rings. The molecule has 0 radical (unpaired) electrons. The highest BCUT2D eigenvalue weighted by Crippen LogP contribution is 2.32. The van der Waals surface area contributed by atoms with Gasteiger partial charge in [-0.2, -0.15) is 0 Å². The molecule has 2 heterocycles. The average Bonchev–Trinajstić information content (AvgIpc) is 3.22. The largest absolute Gasteiger partial charge is 0.454 e. The molecule has 2 aromatic carbocycles. The average molecular weight is 408 g/mol. The molecule has 0 saturated carbocycles. The molecule has 0 spiro atoms. The maximum absolute atomic E-state index is 12.8. The van der Waals surface area contributed by atoms with Crippen LogP contribution in [-0.4, -0.2) is 31.6 Å². The quantitative estimate of drug-likeness (QED) is 0.676. The van der Waals surface area contributed by atoms with Crippen LogP contribution in [-0.2, 0) is 21.0 Å². The molecule has 2 aliphatic heterocycles. The van der Waals surface area contributed by atoms with E-state index >= 15 is 0 Å². The molecule has 0 fully saturated rings. The van der Waals surface area contributed by atoms with E-state index in [-0.39, 0.29) is 18.5 Å². The molecule has 0 aliphatic carbocycles. The lowest BCUT2D eigenvalue weighted by Crippen LogP contribution is -2.35. The van der Waals surface area contributed by atoms with Gasteiger partial charge in [-0.15, -0.1) is 0 Å².